The van der Waals surface area contributed by atoms with Gasteiger partial charge in [0, 0.05) is 6.04 Å². The molecule has 1 atom stereocenters. The smallest absolute Gasteiger partial charge is 0.270 e. The van der Waals surface area contributed by atoms with Crippen LogP contribution in [0.25, 0.3) is 16.3 Å². The Balaban J connectivity index is 1.53. The van der Waals surface area contributed by atoms with Gasteiger partial charge in [-0.05, 0) is 55.0 Å². The molecule has 4 rings (SSSR count). The average Bonchev–Trinajstić information content (AvgIpc) is 3.43. The van der Waals surface area contributed by atoms with Crippen LogP contribution in [-0.4, -0.2) is 21.7 Å². The van der Waals surface area contributed by atoms with Gasteiger partial charge in [0.1, 0.15) is 11.4 Å². The van der Waals surface area contributed by atoms with E-state index < -0.39 is 0 Å². The van der Waals surface area contributed by atoms with Crippen LogP contribution in [0, 0.1) is 0 Å². The summed E-state index contributed by atoms with van der Waals surface area (Å²) in [7, 11) is 0. The van der Waals surface area contributed by atoms with Crippen LogP contribution in [0.5, 0.6) is 0 Å². The number of aromatic nitrogens is 2. The number of nitrogens with zero attached hydrogens (tertiary/aromatic N) is 2. The summed E-state index contributed by atoms with van der Waals surface area (Å²) >= 11 is 1.62. The van der Waals surface area contributed by atoms with Crippen molar-refractivity contribution in [2.24, 2.45) is 0 Å². The van der Waals surface area contributed by atoms with Gasteiger partial charge < -0.3 is 5.32 Å². The Bertz CT molecular complexity index is 1060. The lowest BCUT2D eigenvalue weighted by molar-refractivity contribution is 0.0930. The highest BCUT2D eigenvalue weighted by molar-refractivity contribution is 7.13. The Morgan fingerprint density at radius 3 is 2.45 bits per heavy atom. The van der Waals surface area contributed by atoms with Gasteiger partial charge in [0.05, 0.1) is 10.6 Å². The lowest BCUT2D eigenvalue weighted by Gasteiger charge is -2.14. The molecule has 0 saturated carbocycles. The number of para-hydroxylation sites is 1. The van der Waals surface area contributed by atoms with Gasteiger partial charge in [-0.25, -0.2) is 4.68 Å². The summed E-state index contributed by atoms with van der Waals surface area (Å²) in [6, 6.07) is 26.1. The zero-order valence-electron chi connectivity index (χ0n) is 16.3. The number of amides is 1. The molecule has 1 N–H and O–H groups in total. The third-order valence-electron chi connectivity index (χ3n) is 4.80. The molecule has 4 aromatic rings. The summed E-state index contributed by atoms with van der Waals surface area (Å²) in [4.78, 5) is 14.1. The van der Waals surface area contributed by atoms with Crippen molar-refractivity contribution in [3.8, 4) is 16.3 Å². The molecule has 5 heteroatoms. The van der Waals surface area contributed by atoms with Crippen molar-refractivity contribution in [3.05, 3.63) is 95.5 Å². The first-order chi connectivity index (χ1) is 14.2. The predicted octanol–water partition coefficient (Wildman–Crippen LogP) is 5.35. The molecule has 0 fully saturated rings. The number of thiophene rings is 1. The Kier molecular flexibility index (Phi) is 5.86. The number of hydrogen-bond donors (Lipinski definition) is 1. The van der Waals surface area contributed by atoms with Gasteiger partial charge in [0.25, 0.3) is 5.91 Å². The maximum absolute atomic E-state index is 13.1. The van der Waals surface area contributed by atoms with Crippen molar-refractivity contribution >= 4 is 17.2 Å². The number of nitrogens with one attached hydrogen (secondary N) is 1. The number of carbonyl (C=O) groups is 1. The molecule has 2 aromatic carbocycles. The maximum atomic E-state index is 13.1. The van der Waals surface area contributed by atoms with Crippen molar-refractivity contribution in [1.29, 1.82) is 0 Å². The van der Waals surface area contributed by atoms with Crippen LogP contribution in [0.2, 0.25) is 0 Å². The van der Waals surface area contributed by atoms with Crippen molar-refractivity contribution in [2.45, 2.75) is 25.8 Å². The molecule has 146 valence electrons. The van der Waals surface area contributed by atoms with E-state index in [9.17, 15) is 4.79 Å². The summed E-state index contributed by atoms with van der Waals surface area (Å²) in [5.74, 6) is -0.107. The molecule has 0 unspecified atom stereocenters. The lowest BCUT2D eigenvalue weighted by Crippen LogP contribution is -2.34. The van der Waals surface area contributed by atoms with E-state index in [1.807, 2.05) is 79.0 Å². The van der Waals surface area contributed by atoms with Gasteiger partial charge in [-0.1, -0.05) is 54.6 Å². The Hall–Kier alpha value is -3.18. The van der Waals surface area contributed by atoms with Crippen molar-refractivity contribution in [3.63, 3.8) is 0 Å². The molecule has 0 spiro atoms. The fraction of sp³-hybridized carbons (Fsp3) is 0.167. The van der Waals surface area contributed by atoms with Crippen LogP contribution in [0.4, 0.5) is 0 Å². The standard InChI is InChI=1S/C24H23N3OS/c1-18(14-15-19-9-4-2-5-10-19)25-24(28)22-17-21(23-13-8-16-29-23)26-27(22)20-11-6-3-7-12-20/h2-13,16-18H,14-15H2,1H3,(H,25,28)/t18-/m1/s1. The van der Waals surface area contributed by atoms with Crippen molar-refractivity contribution in [1.82, 2.24) is 15.1 Å². The second kappa shape index (κ2) is 8.88. The summed E-state index contributed by atoms with van der Waals surface area (Å²) < 4.78 is 1.73. The molecule has 0 aliphatic rings. The van der Waals surface area contributed by atoms with Crippen LogP contribution in [0.3, 0.4) is 0 Å². The number of hydrogen-bond acceptors (Lipinski definition) is 3. The number of benzene rings is 2. The van der Waals surface area contributed by atoms with Gasteiger partial charge in [0.2, 0.25) is 0 Å². The predicted molar refractivity (Wildman–Crippen MR) is 119 cm³/mol. The van der Waals surface area contributed by atoms with Gasteiger partial charge in [0.15, 0.2) is 0 Å². The molecule has 1 amide bonds. The topological polar surface area (TPSA) is 46.9 Å². The number of carbonyl (C=O) groups excluding carboxylic acids is 1. The first-order valence-electron chi connectivity index (χ1n) is 9.75. The highest BCUT2D eigenvalue weighted by atomic mass is 32.1. The molecular weight excluding hydrogens is 378 g/mol. The van der Waals surface area contributed by atoms with E-state index in [0.29, 0.717) is 5.69 Å². The van der Waals surface area contributed by atoms with Crippen molar-refractivity contribution in [2.75, 3.05) is 0 Å². The fourth-order valence-electron chi connectivity index (χ4n) is 3.25. The van der Waals surface area contributed by atoms with E-state index in [1.165, 1.54) is 5.56 Å². The maximum Gasteiger partial charge on any atom is 0.270 e. The Morgan fingerprint density at radius 1 is 1.03 bits per heavy atom. The molecule has 0 aliphatic carbocycles. The summed E-state index contributed by atoms with van der Waals surface area (Å²) in [6.45, 7) is 2.05. The molecular formula is C24H23N3OS. The summed E-state index contributed by atoms with van der Waals surface area (Å²) in [6.07, 6.45) is 1.81. The molecule has 0 bridgehead atoms. The van der Waals surface area contributed by atoms with E-state index in [2.05, 4.69) is 17.4 Å². The largest absolute Gasteiger partial charge is 0.348 e. The normalized spacial score (nSPS) is 11.9. The van der Waals surface area contributed by atoms with Crippen LogP contribution in [0.15, 0.2) is 84.2 Å². The SMILES string of the molecule is C[C@H](CCc1ccccc1)NC(=O)c1cc(-c2cccs2)nn1-c1ccccc1. The third kappa shape index (κ3) is 4.63. The van der Waals surface area contributed by atoms with Gasteiger partial charge in [-0.3, -0.25) is 4.79 Å². The molecule has 2 heterocycles. The highest BCUT2D eigenvalue weighted by Gasteiger charge is 2.19. The zero-order valence-corrected chi connectivity index (χ0v) is 17.1. The van der Waals surface area contributed by atoms with Crippen LogP contribution in [-0.2, 0) is 6.42 Å². The second-order valence-corrected chi connectivity index (χ2v) is 7.99. The minimum Gasteiger partial charge on any atom is -0.348 e. The fourth-order valence-corrected chi connectivity index (χ4v) is 3.93. The molecule has 4 nitrogen and oxygen atoms in total. The molecule has 0 aliphatic heterocycles. The zero-order chi connectivity index (χ0) is 20.1. The monoisotopic (exact) mass is 401 g/mol. The highest BCUT2D eigenvalue weighted by Crippen LogP contribution is 2.26. The van der Waals surface area contributed by atoms with Crippen LogP contribution >= 0.6 is 11.3 Å². The second-order valence-electron chi connectivity index (χ2n) is 7.04. The minimum atomic E-state index is -0.107. The van der Waals surface area contributed by atoms with Gasteiger partial charge in [-0.15, -0.1) is 11.3 Å². The Labute approximate surface area is 174 Å². The summed E-state index contributed by atoms with van der Waals surface area (Å²) in [5, 5.41) is 9.87. The number of aryl methyl sites for hydroxylation is 1. The van der Waals surface area contributed by atoms with E-state index in [0.717, 1.165) is 29.1 Å². The minimum absolute atomic E-state index is 0.0621. The van der Waals surface area contributed by atoms with E-state index in [4.69, 9.17) is 5.10 Å². The van der Waals surface area contributed by atoms with E-state index >= 15 is 0 Å². The third-order valence-corrected chi connectivity index (χ3v) is 5.70. The van der Waals surface area contributed by atoms with Crippen LogP contribution < -0.4 is 5.32 Å². The molecule has 0 saturated heterocycles. The quantitative estimate of drug-likeness (QED) is 0.454. The van der Waals surface area contributed by atoms with Gasteiger partial charge in [-0.2, -0.15) is 5.10 Å². The molecule has 0 radical (unpaired) electrons. The first kappa shape index (κ1) is 19.2. The van der Waals surface area contributed by atoms with Crippen LogP contribution in [0.1, 0.15) is 29.4 Å². The number of rotatable bonds is 7. The first-order valence-corrected chi connectivity index (χ1v) is 10.6. The molecule has 2 aromatic heterocycles. The lowest BCUT2D eigenvalue weighted by atomic mass is 10.1. The average molecular weight is 402 g/mol. The van der Waals surface area contributed by atoms with E-state index in [1.54, 1.807) is 16.0 Å². The summed E-state index contributed by atoms with van der Waals surface area (Å²) in [5.41, 5.74) is 3.51. The molecule has 29 heavy (non-hydrogen) atoms. The van der Waals surface area contributed by atoms with Gasteiger partial charge >= 0.3 is 0 Å². The van der Waals surface area contributed by atoms with Crippen molar-refractivity contribution < 1.29 is 4.79 Å². The Morgan fingerprint density at radius 2 is 1.76 bits per heavy atom. The van der Waals surface area contributed by atoms with E-state index in [-0.39, 0.29) is 11.9 Å².